The lowest BCUT2D eigenvalue weighted by atomic mass is 10.1. The predicted octanol–water partition coefficient (Wildman–Crippen LogP) is 3.17. The minimum absolute atomic E-state index is 0.288. The normalized spacial score (nSPS) is 14.1. The van der Waals surface area contributed by atoms with Gasteiger partial charge in [0.25, 0.3) is 0 Å². The molecule has 0 amide bonds. The molecule has 1 aliphatic rings. The van der Waals surface area contributed by atoms with Gasteiger partial charge in [-0.3, -0.25) is 4.72 Å². The van der Waals surface area contributed by atoms with Gasteiger partial charge in [-0.1, -0.05) is 29.8 Å². The molecule has 1 heterocycles. The molecule has 0 radical (unpaired) electrons. The van der Waals surface area contributed by atoms with Gasteiger partial charge in [-0.25, -0.2) is 4.31 Å². The maximum Gasteiger partial charge on any atom is 0.324 e. The van der Waals surface area contributed by atoms with Gasteiger partial charge in [-0.05, 0) is 44.0 Å². The molecule has 0 saturated carbocycles. The molecule has 3 rings (SSSR count). The van der Waals surface area contributed by atoms with E-state index in [1.807, 2.05) is 39.0 Å². The summed E-state index contributed by atoms with van der Waals surface area (Å²) in [5, 5.41) is 0. The van der Waals surface area contributed by atoms with Crippen LogP contribution < -0.4 is 13.8 Å². The molecule has 0 spiro atoms. The van der Waals surface area contributed by atoms with Gasteiger partial charge in [0.05, 0.1) is 17.9 Å². The number of benzene rings is 2. The summed E-state index contributed by atoms with van der Waals surface area (Å²) in [6.45, 7) is 6.44. The minimum atomic E-state index is -3.70. The van der Waals surface area contributed by atoms with E-state index in [4.69, 9.17) is 4.74 Å². The summed E-state index contributed by atoms with van der Waals surface area (Å²) >= 11 is 0. The van der Waals surface area contributed by atoms with Crippen LogP contribution in [0.15, 0.2) is 36.4 Å². The Morgan fingerprint density at radius 3 is 2.43 bits per heavy atom. The monoisotopic (exact) mass is 332 g/mol. The number of hydrogen-bond acceptors (Lipinski definition) is 3. The first-order valence-corrected chi connectivity index (χ1v) is 8.92. The predicted molar refractivity (Wildman–Crippen MR) is 92.5 cm³/mol. The van der Waals surface area contributed by atoms with E-state index in [2.05, 4.69) is 4.72 Å². The topological polar surface area (TPSA) is 58.6 Å². The van der Waals surface area contributed by atoms with E-state index < -0.39 is 10.2 Å². The number of nitrogens with zero attached hydrogens (tertiary/aromatic N) is 1. The Morgan fingerprint density at radius 1 is 1.09 bits per heavy atom. The maximum atomic E-state index is 12.9. The van der Waals surface area contributed by atoms with Gasteiger partial charge in [0.15, 0.2) is 0 Å². The number of fused-ring (bicyclic) bond motifs is 1. The Labute approximate surface area is 137 Å². The van der Waals surface area contributed by atoms with Crippen molar-refractivity contribution in [3.05, 3.63) is 53.1 Å². The third kappa shape index (κ3) is 2.99. The molecule has 0 fully saturated rings. The summed E-state index contributed by atoms with van der Waals surface area (Å²) in [7, 11) is -3.70. The van der Waals surface area contributed by atoms with Gasteiger partial charge in [0, 0.05) is 0 Å². The minimum Gasteiger partial charge on any atom is -0.489 e. The maximum absolute atomic E-state index is 12.9. The second-order valence-electron chi connectivity index (χ2n) is 5.77. The number of hydrogen-bond donors (Lipinski definition) is 1. The molecule has 122 valence electrons. The second-order valence-corrected chi connectivity index (χ2v) is 7.36. The van der Waals surface area contributed by atoms with E-state index in [1.165, 1.54) is 4.31 Å². The second kappa shape index (κ2) is 5.77. The molecule has 2 aromatic carbocycles. The Balaban J connectivity index is 1.98. The highest BCUT2D eigenvalue weighted by atomic mass is 32.2. The van der Waals surface area contributed by atoms with Gasteiger partial charge in [-0.15, -0.1) is 0 Å². The smallest absolute Gasteiger partial charge is 0.324 e. The van der Waals surface area contributed by atoms with E-state index in [9.17, 15) is 8.42 Å². The standard InChI is InChI=1S/C17H20N2O3S/c1-12-10-13(2)17(14(3)11-12)18-23(20,21)19-8-9-22-16-7-5-4-6-15(16)19/h4-7,10-11,18H,8-9H2,1-3H3. The number of rotatable bonds is 3. The lowest BCUT2D eigenvalue weighted by molar-refractivity contribution is 0.316. The SMILES string of the molecule is Cc1cc(C)c(NS(=O)(=O)N2CCOc3ccccc32)c(C)c1. The summed E-state index contributed by atoms with van der Waals surface area (Å²) in [6.07, 6.45) is 0. The van der Waals surface area contributed by atoms with Crippen LogP contribution in [-0.4, -0.2) is 21.6 Å². The fraction of sp³-hybridized carbons (Fsp3) is 0.294. The van der Waals surface area contributed by atoms with Gasteiger partial charge >= 0.3 is 10.2 Å². The highest BCUT2D eigenvalue weighted by molar-refractivity contribution is 7.94. The van der Waals surface area contributed by atoms with Gasteiger partial charge < -0.3 is 4.74 Å². The molecule has 1 N–H and O–H groups in total. The lowest BCUT2D eigenvalue weighted by Gasteiger charge is -2.31. The highest BCUT2D eigenvalue weighted by Crippen LogP contribution is 2.34. The summed E-state index contributed by atoms with van der Waals surface area (Å²) in [6, 6.07) is 11.1. The van der Waals surface area contributed by atoms with Crippen LogP contribution in [0, 0.1) is 20.8 Å². The molecule has 2 aromatic rings. The van der Waals surface area contributed by atoms with E-state index in [-0.39, 0.29) is 6.54 Å². The molecule has 0 atom stereocenters. The molecule has 0 aliphatic carbocycles. The molecule has 0 unspecified atom stereocenters. The molecule has 23 heavy (non-hydrogen) atoms. The zero-order chi connectivity index (χ0) is 16.6. The van der Waals surface area contributed by atoms with E-state index >= 15 is 0 Å². The zero-order valence-electron chi connectivity index (χ0n) is 13.5. The van der Waals surface area contributed by atoms with Crippen LogP contribution in [0.1, 0.15) is 16.7 Å². The van der Waals surface area contributed by atoms with Crippen molar-refractivity contribution >= 4 is 21.6 Å². The summed E-state index contributed by atoms with van der Waals surface area (Å²) in [5.41, 5.74) is 4.13. The molecule has 0 aromatic heterocycles. The van der Waals surface area contributed by atoms with Crippen molar-refractivity contribution in [3.8, 4) is 5.75 Å². The van der Waals surface area contributed by atoms with Gasteiger partial charge in [-0.2, -0.15) is 8.42 Å². The van der Waals surface area contributed by atoms with E-state index in [0.717, 1.165) is 16.7 Å². The largest absolute Gasteiger partial charge is 0.489 e. The summed E-state index contributed by atoms with van der Waals surface area (Å²) in [4.78, 5) is 0. The molecular formula is C17H20N2O3S. The first-order valence-electron chi connectivity index (χ1n) is 7.48. The van der Waals surface area contributed by atoms with Crippen LogP contribution in [0.25, 0.3) is 0 Å². The Bertz CT molecular complexity index is 824. The fourth-order valence-electron chi connectivity index (χ4n) is 2.92. The number of nitrogens with one attached hydrogen (secondary N) is 1. The van der Waals surface area contributed by atoms with E-state index in [1.54, 1.807) is 18.2 Å². The molecule has 1 aliphatic heterocycles. The van der Waals surface area contributed by atoms with Crippen LogP contribution in [0.2, 0.25) is 0 Å². The van der Waals surface area contributed by atoms with Crippen molar-refractivity contribution in [2.45, 2.75) is 20.8 Å². The van der Waals surface area contributed by atoms with E-state index in [0.29, 0.717) is 23.7 Å². The first-order chi connectivity index (χ1) is 10.9. The van der Waals surface area contributed by atoms with Crippen molar-refractivity contribution in [2.24, 2.45) is 0 Å². The van der Waals surface area contributed by atoms with Gasteiger partial charge in [0.1, 0.15) is 12.4 Å². The number of anilines is 2. The van der Waals surface area contributed by atoms with Crippen molar-refractivity contribution in [2.75, 3.05) is 22.2 Å². The molecule has 5 nitrogen and oxygen atoms in total. The Morgan fingerprint density at radius 2 is 1.74 bits per heavy atom. The fourth-order valence-corrected chi connectivity index (χ4v) is 4.33. The first kappa shape index (κ1) is 15.7. The number of aryl methyl sites for hydroxylation is 3. The van der Waals surface area contributed by atoms with Crippen LogP contribution >= 0.6 is 0 Å². The average molecular weight is 332 g/mol. The van der Waals surface area contributed by atoms with Crippen molar-refractivity contribution in [1.82, 2.24) is 0 Å². The Hall–Kier alpha value is -2.21. The number of ether oxygens (including phenoxy) is 1. The van der Waals surface area contributed by atoms with Crippen LogP contribution in [-0.2, 0) is 10.2 Å². The van der Waals surface area contributed by atoms with Crippen LogP contribution in [0.4, 0.5) is 11.4 Å². The molecule has 0 saturated heterocycles. The van der Waals surface area contributed by atoms with Crippen LogP contribution in [0.5, 0.6) is 5.75 Å². The molecule has 6 heteroatoms. The zero-order valence-corrected chi connectivity index (χ0v) is 14.3. The molecular weight excluding hydrogens is 312 g/mol. The quantitative estimate of drug-likeness (QED) is 0.939. The summed E-state index contributed by atoms with van der Waals surface area (Å²) in [5.74, 6) is 0.585. The van der Waals surface area contributed by atoms with Crippen molar-refractivity contribution < 1.29 is 13.2 Å². The third-order valence-corrected chi connectivity index (χ3v) is 5.31. The van der Waals surface area contributed by atoms with Crippen molar-refractivity contribution in [3.63, 3.8) is 0 Å². The van der Waals surface area contributed by atoms with Crippen LogP contribution in [0.3, 0.4) is 0 Å². The summed E-state index contributed by atoms with van der Waals surface area (Å²) < 4.78 is 35.4. The lowest BCUT2D eigenvalue weighted by Crippen LogP contribution is -2.41. The third-order valence-electron chi connectivity index (χ3n) is 3.88. The average Bonchev–Trinajstić information content (AvgIpc) is 2.50. The van der Waals surface area contributed by atoms with Gasteiger partial charge in [0.2, 0.25) is 0 Å². The van der Waals surface area contributed by atoms with Crippen molar-refractivity contribution in [1.29, 1.82) is 0 Å². The number of para-hydroxylation sites is 2. The molecule has 0 bridgehead atoms. The Kier molecular flexibility index (Phi) is 3.93. The highest BCUT2D eigenvalue weighted by Gasteiger charge is 2.29.